The number of aliphatic carboxylic acids is 1. The molecule has 1 fully saturated rings. The summed E-state index contributed by atoms with van der Waals surface area (Å²) in [5.41, 5.74) is 4.18. The summed E-state index contributed by atoms with van der Waals surface area (Å²) in [4.78, 5) is 36.0. The van der Waals surface area contributed by atoms with Crippen LogP contribution in [0.3, 0.4) is 0 Å². The highest BCUT2D eigenvalue weighted by molar-refractivity contribution is 5.87. The molecule has 0 spiro atoms. The van der Waals surface area contributed by atoms with E-state index in [1.807, 2.05) is 48.5 Å². The molecule has 1 saturated heterocycles. The van der Waals surface area contributed by atoms with Crippen molar-refractivity contribution in [1.82, 2.24) is 10.2 Å². The van der Waals surface area contributed by atoms with Gasteiger partial charge in [-0.3, -0.25) is 4.79 Å². The largest absolute Gasteiger partial charge is 0.480 e. The highest BCUT2D eigenvalue weighted by atomic mass is 19.3. The molecule has 1 aliphatic heterocycles. The summed E-state index contributed by atoms with van der Waals surface area (Å²) in [5.74, 6) is -5.85. The number of carboxylic acids is 1. The fourth-order valence-electron chi connectivity index (χ4n) is 4.20. The van der Waals surface area contributed by atoms with Crippen LogP contribution in [-0.4, -0.2) is 59.6 Å². The fourth-order valence-corrected chi connectivity index (χ4v) is 4.20. The molecule has 31 heavy (non-hydrogen) atoms. The van der Waals surface area contributed by atoms with Crippen molar-refractivity contribution in [3.8, 4) is 11.1 Å². The molecule has 2 aromatic rings. The lowest BCUT2D eigenvalue weighted by molar-refractivity contribution is -0.147. The Morgan fingerprint density at radius 1 is 1.06 bits per heavy atom. The molecule has 2 amide bonds. The second-order valence-electron chi connectivity index (χ2n) is 7.61. The number of likely N-dealkylation sites (tertiary alicyclic amines) is 1. The average molecular weight is 430 g/mol. The van der Waals surface area contributed by atoms with Crippen LogP contribution in [-0.2, 0) is 14.3 Å². The molecule has 0 bridgehead atoms. The van der Waals surface area contributed by atoms with E-state index in [1.165, 1.54) is 0 Å². The molecule has 1 atom stereocenters. The quantitative estimate of drug-likeness (QED) is 0.761. The Bertz CT molecular complexity index is 997. The summed E-state index contributed by atoms with van der Waals surface area (Å²) in [6.45, 7) is -1.58. The van der Waals surface area contributed by atoms with Gasteiger partial charge in [-0.2, -0.15) is 0 Å². The van der Waals surface area contributed by atoms with Crippen LogP contribution in [0.2, 0.25) is 0 Å². The highest BCUT2D eigenvalue weighted by Gasteiger charge is 2.50. The van der Waals surface area contributed by atoms with Crippen LogP contribution >= 0.6 is 0 Å². The Kier molecular flexibility index (Phi) is 5.34. The average Bonchev–Trinajstić information content (AvgIpc) is 3.25. The van der Waals surface area contributed by atoms with Crippen LogP contribution in [0.4, 0.5) is 13.6 Å². The van der Waals surface area contributed by atoms with Gasteiger partial charge in [-0.1, -0.05) is 48.5 Å². The maximum absolute atomic E-state index is 13.5. The number of nitrogens with one attached hydrogen (secondary N) is 1. The molecule has 4 rings (SSSR count). The van der Waals surface area contributed by atoms with Crippen molar-refractivity contribution in [2.24, 2.45) is 0 Å². The molecule has 7 nitrogen and oxygen atoms in total. The van der Waals surface area contributed by atoms with E-state index in [0.29, 0.717) is 4.90 Å². The Morgan fingerprint density at radius 3 is 2.23 bits per heavy atom. The summed E-state index contributed by atoms with van der Waals surface area (Å²) in [6.07, 6.45) is -1.83. The van der Waals surface area contributed by atoms with Crippen LogP contribution in [0.25, 0.3) is 11.1 Å². The maximum Gasteiger partial charge on any atom is 0.407 e. The van der Waals surface area contributed by atoms with Gasteiger partial charge in [0.15, 0.2) is 0 Å². The number of rotatable bonds is 5. The van der Waals surface area contributed by atoms with Gasteiger partial charge in [0.2, 0.25) is 5.91 Å². The monoisotopic (exact) mass is 430 g/mol. The van der Waals surface area contributed by atoms with Crippen molar-refractivity contribution in [2.75, 3.05) is 19.7 Å². The topological polar surface area (TPSA) is 95.9 Å². The Morgan fingerprint density at radius 2 is 1.65 bits per heavy atom. The molecule has 0 saturated carbocycles. The number of hydrogen-bond acceptors (Lipinski definition) is 4. The minimum Gasteiger partial charge on any atom is -0.480 e. The number of hydrogen-bond donors (Lipinski definition) is 2. The molecule has 9 heteroatoms. The van der Waals surface area contributed by atoms with E-state index in [4.69, 9.17) is 9.84 Å². The summed E-state index contributed by atoms with van der Waals surface area (Å²) < 4.78 is 32.3. The number of benzene rings is 2. The molecule has 162 valence electrons. The molecule has 0 aromatic heterocycles. The second kappa shape index (κ2) is 7.98. The van der Waals surface area contributed by atoms with Crippen LogP contribution < -0.4 is 5.32 Å². The SMILES string of the molecule is O=C(NCC(=O)N1CC(F)(F)CC1C(=O)O)OCC1c2ccccc2-c2ccccc21. The van der Waals surface area contributed by atoms with Gasteiger partial charge in [-0.15, -0.1) is 0 Å². The molecule has 1 unspecified atom stereocenters. The lowest BCUT2D eigenvalue weighted by atomic mass is 9.98. The van der Waals surface area contributed by atoms with Crippen LogP contribution in [0.1, 0.15) is 23.5 Å². The minimum atomic E-state index is -3.28. The van der Waals surface area contributed by atoms with Gasteiger partial charge in [0.05, 0.1) is 6.54 Å². The number of carboxylic acid groups (broad SMARTS) is 1. The normalized spacial score (nSPS) is 18.9. The number of carbonyl (C=O) groups excluding carboxylic acids is 2. The first-order valence-corrected chi connectivity index (χ1v) is 9.76. The molecule has 1 heterocycles. The number of ether oxygens (including phenoxy) is 1. The molecular formula is C22H20F2N2O5. The summed E-state index contributed by atoms with van der Waals surface area (Å²) in [7, 11) is 0. The zero-order valence-electron chi connectivity index (χ0n) is 16.4. The third-order valence-corrected chi connectivity index (χ3v) is 5.60. The first kappa shape index (κ1) is 20.8. The van der Waals surface area contributed by atoms with Crippen molar-refractivity contribution in [3.63, 3.8) is 0 Å². The smallest absolute Gasteiger partial charge is 0.407 e. The molecule has 1 aliphatic carbocycles. The number of carbonyl (C=O) groups is 3. The van der Waals surface area contributed by atoms with Crippen LogP contribution in [0.5, 0.6) is 0 Å². The Hall–Kier alpha value is -3.49. The lowest BCUT2D eigenvalue weighted by Gasteiger charge is -2.21. The van der Waals surface area contributed by atoms with Gasteiger partial charge in [0.1, 0.15) is 19.2 Å². The van der Waals surface area contributed by atoms with E-state index in [0.717, 1.165) is 22.3 Å². The second-order valence-corrected chi connectivity index (χ2v) is 7.61. The minimum absolute atomic E-state index is 0.0353. The first-order valence-electron chi connectivity index (χ1n) is 9.76. The Labute approximate surface area is 176 Å². The predicted molar refractivity (Wildman–Crippen MR) is 106 cm³/mol. The van der Waals surface area contributed by atoms with E-state index in [-0.39, 0.29) is 12.5 Å². The van der Waals surface area contributed by atoms with Gasteiger partial charge in [-0.25, -0.2) is 18.4 Å². The van der Waals surface area contributed by atoms with Crippen molar-refractivity contribution < 1.29 is 33.0 Å². The highest BCUT2D eigenvalue weighted by Crippen LogP contribution is 2.44. The van der Waals surface area contributed by atoms with Gasteiger partial charge < -0.3 is 20.1 Å². The first-order chi connectivity index (χ1) is 14.8. The summed E-state index contributed by atoms with van der Waals surface area (Å²) >= 11 is 0. The zero-order chi connectivity index (χ0) is 22.2. The summed E-state index contributed by atoms with van der Waals surface area (Å²) in [5, 5.41) is 11.3. The van der Waals surface area contributed by atoms with Crippen LogP contribution in [0, 0.1) is 0 Å². The van der Waals surface area contributed by atoms with Gasteiger partial charge in [0, 0.05) is 12.3 Å². The van der Waals surface area contributed by atoms with Crippen molar-refractivity contribution in [1.29, 1.82) is 0 Å². The zero-order valence-corrected chi connectivity index (χ0v) is 16.4. The molecule has 2 N–H and O–H groups in total. The fraction of sp³-hybridized carbons (Fsp3) is 0.318. The van der Waals surface area contributed by atoms with Gasteiger partial charge >= 0.3 is 12.1 Å². The maximum atomic E-state index is 13.5. The summed E-state index contributed by atoms with van der Waals surface area (Å²) in [6, 6.07) is 14.0. The van der Waals surface area contributed by atoms with Crippen molar-refractivity contribution >= 4 is 18.0 Å². The van der Waals surface area contributed by atoms with Gasteiger partial charge in [0.25, 0.3) is 5.92 Å². The van der Waals surface area contributed by atoms with E-state index < -0.39 is 49.4 Å². The number of halogens is 2. The lowest BCUT2D eigenvalue weighted by Crippen LogP contribution is -2.46. The molecular weight excluding hydrogens is 410 g/mol. The number of nitrogens with zero attached hydrogens (tertiary/aromatic N) is 1. The number of fused-ring (bicyclic) bond motifs is 3. The van der Waals surface area contributed by atoms with Crippen molar-refractivity contribution in [2.45, 2.75) is 24.3 Å². The Balaban J connectivity index is 1.35. The predicted octanol–water partition coefficient (Wildman–Crippen LogP) is 2.85. The molecule has 2 aromatic carbocycles. The standard InChI is InChI=1S/C22H20F2N2O5/c23-22(24)9-18(20(28)29)26(12-22)19(27)10-25-21(30)31-11-17-15-7-3-1-5-13(15)14-6-2-4-8-16(14)17/h1-8,17-18H,9-12H2,(H,25,30)(H,28,29). The third kappa shape index (κ3) is 4.08. The number of alkyl halides is 2. The number of amides is 2. The van der Waals surface area contributed by atoms with E-state index in [2.05, 4.69) is 5.32 Å². The molecule has 0 radical (unpaired) electrons. The van der Waals surface area contributed by atoms with Crippen LogP contribution in [0.15, 0.2) is 48.5 Å². The third-order valence-electron chi connectivity index (χ3n) is 5.60. The number of alkyl carbamates (subject to hydrolysis) is 1. The molecule has 2 aliphatic rings. The van der Waals surface area contributed by atoms with E-state index in [1.54, 1.807) is 0 Å². The van der Waals surface area contributed by atoms with E-state index >= 15 is 0 Å². The van der Waals surface area contributed by atoms with E-state index in [9.17, 15) is 23.2 Å². The van der Waals surface area contributed by atoms with Crippen molar-refractivity contribution in [3.05, 3.63) is 59.7 Å². The van der Waals surface area contributed by atoms with Gasteiger partial charge in [-0.05, 0) is 22.3 Å².